The Labute approximate surface area is 348 Å². The van der Waals surface area contributed by atoms with E-state index in [0.717, 1.165) is 63.7 Å². The van der Waals surface area contributed by atoms with Crippen LogP contribution in [0.1, 0.15) is 278 Å². The highest BCUT2D eigenvalue weighted by atomic mass is 16.6. The van der Waals surface area contributed by atoms with E-state index in [0.29, 0.717) is 19.3 Å². The van der Waals surface area contributed by atoms with Crippen molar-refractivity contribution in [1.29, 1.82) is 0 Å². The van der Waals surface area contributed by atoms with Gasteiger partial charge >= 0.3 is 17.9 Å². The van der Waals surface area contributed by atoms with E-state index >= 15 is 0 Å². The molecule has 0 saturated carbocycles. The number of esters is 3. The van der Waals surface area contributed by atoms with Crippen LogP contribution in [0.2, 0.25) is 0 Å². The van der Waals surface area contributed by atoms with Gasteiger partial charge in [-0.25, -0.2) is 0 Å². The molecule has 0 aliphatic heterocycles. The molecule has 332 valence electrons. The first kappa shape index (κ1) is 54.4. The van der Waals surface area contributed by atoms with E-state index in [1.54, 1.807) is 0 Å². The average molecular weight is 793 g/mol. The van der Waals surface area contributed by atoms with Gasteiger partial charge in [0.05, 0.1) is 0 Å². The summed E-state index contributed by atoms with van der Waals surface area (Å²) < 4.78 is 16.8. The van der Waals surface area contributed by atoms with Crippen molar-refractivity contribution in [2.24, 2.45) is 5.92 Å². The zero-order chi connectivity index (χ0) is 41.0. The minimum Gasteiger partial charge on any atom is -0.462 e. The van der Waals surface area contributed by atoms with E-state index in [9.17, 15) is 14.4 Å². The molecule has 0 fully saturated rings. The van der Waals surface area contributed by atoms with Crippen molar-refractivity contribution in [2.75, 3.05) is 13.2 Å². The minimum absolute atomic E-state index is 0.0634. The Balaban J connectivity index is 4.32. The highest BCUT2D eigenvalue weighted by molar-refractivity contribution is 5.71. The van der Waals surface area contributed by atoms with Crippen LogP contribution in [0.15, 0.2) is 0 Å². The summed E-state index contributed by atoms with van der Waals surface area (Å²) in [5.41, 5.74) is 0. The third kappa shape index (κ3) is 42.0. The molecule has 0 spiro atoms. The molecule has 0 aliphatic rings. The maximum absolute atomic E-state index is 12.7. The minimum atomic E-state index is -0.760. The number of unbranched alkanes of at least 4 members (excludes halogenated alkanes) is 31. The van der Waals surface area contributed by atoms with Crippen LogP contribution < -0.4 is 0 Å². The Hall–Kier alpha value is -1.59. The van der Waals surface area contributed by atoms with E-state index in [-0.39, 0.29) is 31.1 Å². The van der Waals surface area contributed by atoms with Crippen LogP contribution in [0.5, 0.6) is 0 Å². The van der Waals surface area contributed by atoms with Gasteiger partial charge in [-0.2, -0.15) is 0 Å². The zero-order valence-corrected chi connectivity index (χ0v) is 38.1. The smallest absolute Gasteiger partial charge is 0.306 e. The average Bonchev–Trinajstić information content (AvgIpc) is 3.19. The highest BCUT2D eigenvalue weighted by Crippen LogP contribution is 2.17. The van der Waals surface area contributed by atoms with E-state index < -0.39 is 6.10 Å². The molecule has 0 heterocycles. The molecule has 0 aromatic carbocycles. The molecule has 0 N–H and O–H groups in total. The predicted molar refractivity (Wildman–Crippen MR) is 238 cm³/mol. The van der Waals surface area contributed by atoms with Gasteiger partial charge in [0.1, 0.15) is 13.2 Å². The van der Waals surface area contributed by atoms with E-state index in [1.165, 1.54) is 173 Å². The van der Waals surface area contributed by atoms with Gasteiger partial charge in [-0.3, -0.25) is 14.4 Å². The summed E-state index contributed by atoms with van der Waals surface area (Å²) in [7, 11) is 0. The summed E-state index contributed by atoms with van der Waals surface area (Å²) in [4.78, 5) is 37.8. The fourth-order valence-corrected chi connectivity index (χ4v) is 7.48. The number of ether oxygens (including phenoxy) is 3. The molecular formula is C50H96O6. The van der Waals surface area contributed by atoms with Crippen LogP contribution in [0.25, 0.3) is 0 Å². The van der Waals surface area contributed by atoms with Crippen LogP contribution in [0, 0.1) is 5.92 Å². The summed E-state index contributed by atoms with van der Waals surface area (Å²) in [6.45, 7) is 9.02. The number of carbonyl (C=O) groups excluding carboxylic acids is 3. The SMILES string of the molecule is CCCCCCCCCCCCCCCCC(=O)OC[C@H](COC(=O)CCCCCCCCCCCCCC)OC(=O)CCCCCCCCCCC(C)CC. The first-order valence-corrected chi connectivity index (χ1v) is 24.9. The summed E-state index contributed by atoms with van der Waals surface area (Å²) >= 11 is 0. The third-order valence-corrected chi connectivity index (χ3v) is 11.7. The second-order valence-electron chi connectivity index (χ2n) is 17.3. The summed E-state index contributed by atoms with van der Waals surface area (Å²) in [5.74, 6) is -0.00389. The monoisotopic (exact) mass is 793 g/mol. The largest absolute Gasteiger partial charge is 0.462 e. The lowest BCUT2D eigenvalue weighted by molar-refractivity contribution is -0.167. The van der Waals surface area contributed by atoms with Gasteiger partial charge in [-0.1, -0.05) is 240 Å². The fourth-order valence-electron chi connectivity index (χ4n) is 7.48. The lowest BCUT2D eigenvalue weighted by Crippen LogP contribution is -2.30. The normalized spacial score (nSPS) is 12.4. The quantitative estimate of drug-likeness (QED) is 0.0347. The van der Waals surface area contributed by atoms with Crippen LogP contribution in [-0.4, -0.2) is 37.2 Å². The predicted octanol–water partition coefficient (Wildman–Crippen LogP) is 15.9. The number of hydrogen-bond acceptors (Lipinski definition) is 6. The molecule has 0 amide bonds. The van der Waals surface area contributed by atoms with Crippen LogP contribution in [0.3, 0.4) is 0 Å². The molecule has 0 saturated heterocycles. The van der Waals surface area contributed by atoms with Gasteiger partial charge < -0.3 is 14.2 Å². The molecular weight excluding hydrogens is 697 g/mol. The van der Waals surface area contributed by atoms with Crippen molar-refractivity contribution in [1.82, 2.24) is 0 Å². The maximum atomic E-state index is 12.7. The molecule has 0 rings (SSSR count). The van der Waals surface area contributed by atoms with Crippen molar-refractivity contribution in [3.63, 3.8) is 0 Å². The van der Waals surface area contributed by atoms with Crippen LogP contribution in [-0.2, 0) is 28.6 Å². The number of rotatable bonds is 45. The van der Waals surface area contributed by atoms with Crippen molar-refractivity contribution in [2.45, 2.75) is 284 Å². The van der Waals surface area contributed by atoms with Crippen LogP contribution in [0.4, 0.5) is 0 Å². The Morgan fingerprint density at radius 1 is 0.357 bits per heavy atom. The molecule has 0 aromatic rings. The lowest BCUT2D eigenvalue weighted by Gasteiger charge is -2.18. The molecule has 0 radical (unpaired) electrons. The van der Waals surface area contributed by atoms with Crippen molar-refractivity contribution < 1.29 is 28.6 Å². The van der Waals surface area contributed by atoms with Crippen molar-refractivity contribution in [3.8, 4) is 0 Å². The second-order valence-corrected chi connectivity index (χ2v) is 17.3. The Morgan fingerprint density at radius 2 is 0.625 bits per heavy atom. The van der Waals surface area contributed by atoms with E-state index in [1.807, 2.05) is 0 Å². The zero-order valence-electron chi connectivity index (χ0n) is 38.1. The van der Waals surface area contributed by atoms with Gasteiger partial charge in [0.25, 0.3) is 0 Å². The summed E-state index contributed by atoms with van der Waals surface area (Å²) in [6.07, 6.45) is 45.0. The molecule has 1 unspecified atom stereocenters. The standard InChI is InChI=1S/C50H96O6/c1-5-8-10-12-14-16-18-20-21-23-25-30-34-38-42-49(52)55-45-47(56-50(53)43-39-35-31-27-26-28-32-36-40-46(4)7-3)44-54-48(51)41-37-33-29-24-22-19-17-15-13-11-9-6-2/h46-47H,5-45H2,1-4H3/t46?,47-/m0/s1. The molecule has 6 nitrogen and oxygen atoms in total. The summed E-state index contributed by atoms with van der Waals surface area (Å²) in [6, 6.07) is 0. The van der Waals surface area contributed by atoms with Gasteiger partial charge in [0.2, 0.25) is 0 Å². The van der Waals surface area contributed by atoms with Gasteiger partial charge in [-0.05, 0) is 25.2 Å². The molecule has 56 heavy (non-hydrogen) atoms. The number of carbonyl (C=O) groups is 3. The van der Waals surface area contributed by atoms with Crippen LogP contribution >= 0.6 is 0 Å². The lowest BCUT2D eigenvalue weighted by atomic mass is 9.99. The second kappa shape index (κ2) is 44.5. The molecule has 6 heteroatoms. The molecule has 0 aliphatic carbocycles. The van der Waals surface area contributed by atoms with E-state index in [2.05, 4.69) is 27.7 Å². The van der Waals surface area contributed by atoms with Crippen molar-refractivity contribution in [3.05, 3.63) is 0 Å². The first-order chi connectivity index (χ1) is 27.4. The molecule has 0 bridgehead atoms. The topological polar surface area (TPSA) is 78.9 Å². The summed E-state index contributed by atoms with van der Waals surface area (Å²) in [5, 5.41) is 0. The highest BCUT2D eigenvalue weighted by Gasteiger charge is 2.19. The first-order valence-electron chi connectivity index (χ1n) is 24.9. The molecule has 2 atom stereocenters. The Kier molecular flexibility index (Phi) is 43.2. The number of hydrogen-bond donors (Lipinski definition) is 0. The van der Waals surface area contributed by atoms with Gasteiger partial charge in [0.15, 0.2) is 6.10 Å². The third-order valence-electron chi connectivity index (χ3n) is 11.7. The maximum Gasteiger partial charge on any atom is 0.306 e. The Morgan fingerprint density at radius 3 is 0.929 bits per heavy atom. The van der Waals surface area contributed by atoms with Gasteiger partial charge in [-0.15, -0.1) is 0 Å². The Bertz CT molecular complexity index is 843. The van der Waals surface area contributed by atoms with Crippen molar-refractivity contribution >= 4 is 17.9 Å². The molecule has 0 aromatic heterocycles. The fraction of sp³-hybridized carbons (Fsp3) is 0.940. The van der Waals surface area contributed by atoms with Gasteiger partial charge in [0, 0.05) is 19.3 Å². The van der Waals surface area contributed by atoms with E-state index in [4.69, 9.17) is 14.2 Å².